The van der Waals surface area contributed by atoms with Crippen LogP contribution < -0.4 is 16.2 Å². The number of piperidine rings is 1. The van der Waals surface area contributed by atoms with Crippen LogP contribution in [-0.2, 0) is 7.05 Å². The van der Waals surface area contributed by atoms with E-state index in [0.717, 1.165) is 37.9 Å². The zero-order valence-electron chi connectivity index (χ0n) is 18.6. The number of anilines is 3. The van der Waals surface area contributed by atoms with E-state index in [4.69, 9.17) is 0 Å². The summed E-state index contributed by atoms with van der Waals surface area (Å²) in [5.41, 5.74) is 1.37. The van der Waals surface area contributed by atoms with E-state index >= 15 is 0 Å². The van der Waals surface area contributed by atoms with Crippen LogP contribution in [0.5, 0.6) is 0 Å². The Morgan fingerprint density at radius 2 is 2.03 bits per heavy atom. The summed E-state index contributed by atoms with van der Waals surface area (Å²) < 4.78 is 3.61. The van der Waals surface area contributed by atoms with Crippen molar-refractivity contribution in [1.82, 2.24) is 29.2 Å². The molecular weight excluding hydrogens is 392 g/mol. The third kappa shape index (κ3) is 3.89. The Labute approximate surface area is 181 Å². The maximum atomic E-state index is 12.8. The molecule has 0 radical (unpaired) electrons. The number of aromatic nitrogens is 5. The summed E-state index contributed by atoms with van der Waals surface area (Å²) in [6.07, 6.45) is 9.88. The van der Waals surface area contributed by atoms with Crippen molar-refractivity contribution in [1.29, 1.82) is 0 Å². The molecule has 2 N–H and O–H groups in total. The Kier molecular flexibility index (Phi) is 4.73. The lowest BCUT2D eigenvalue weighted by Gasteiger charge is -2.34. The molecule has 1 aliphatic carbocycles. The topological polar surface area (TPSA) is 92.9 Å². The first-order valence-corrected chi connectivity index (χ1v) is 11.0. The van der Waals surface area contributed by atoms with Gasteiger partial charge in [-0.05, 0) is 52.6 Å². The zero-order valence-corrected chi connectivity index (χ0v) is 18.6. The standard InChI is InChI=1S/C22H30N8O/c1-14-11-16(5-9-28(14)3)30-13-15(12-23-30)24-21-25-17-6-10-29(4)20(31)18(17)19(26-21)27-22(2)7-8-22/h6,10,12-14,16H,5,7-9,11H2,1-4H3,(H2,24,25,26,27)/t14-,16-/m0/s1. The maximum Gasteiger partial charge on any atom is 0.263 e. The Balaban J connectivity index is 1.44. The molecule has 1 saturated carbocycles. The van der Waals surface area contributed by atoms with Gasteiger partial charge in [0, 0.05) is 37.6 Å². The smallest absolute Gasteiger partial charge is 0.263 e. The fraction of sp³-hybridized carbons (Fsp3) is 0.545. The highest BCUT2D eigenvalue weighted by Crippen LogP contribution is 2.39. The van der Waals surface area contributed by atoms with Crippen molar-refractivity contribution in [3.8, 4) is 0 Å². The average Bonchev–Trinajstić information content (AvgIpc) is 3.27. The lowest BCUT2D eigenvalue weighted by Crippen LogP contribution is -2.38. The van der Waals surface area contributed by atoms with Crippen molar-refractivity contribution in [3.05, 3.63) is 35.0 Å². The molecule has 1 saturated heterocycles. The van der Waals surface area contributed by atoms with Crippen LogP contribution in [0.1, 0.15) is 45.6 Å². The van der Waals surface area contributed by atoms with Crippen LogP contribution >= 0.6 is 0 Å². The molecule has 2 aliphatic rings. The first kappa shape index (κ1) is 20.0. The van der Waals surface area contributed by atoms with Crippen LogP contribution in [0.2, 0.25) is 0 Å². The fourth-order valence-electron chi connectivity index (χ4n) is 4.22. The number of likely N-dealkylation sites (tertiary alicyclic amines) is 1. The van der Waals surface area contributed by atoms with E-state index in [1.807, 2.05) is 23.1 Å². The number of rotatable bonds is 5. The number of fused-ring (bicyclic) bond motifs is 1. The molecule has 0 spiro atoms. The monoisotopic (exact) mass is 422 g/mol. The minimum atomic E-state index is -0.0972. The van der Waals surface area contributed by atoms with Crippen molar-refractivity contribution < 1.29 is 0 Å². The Morgan fingerprint density at radius 3 is 2.77 bits per heavy atom. The van der Waals surface area contributed by atoms with Crippen molar-refractivity contribution >= 4 is 28.4 Å². The summed E-state index contributed by atoms with van der Waals surface area (Å²) in [4.78, 5) is 24.4. The lowest BCUT2D eigenvalue weighted by atomic mass is 9.99. The Morgan fingerprint density at radius 1 is 1.23 bits per heavy atom. The molecule has 9 heteroatoms. The van der Waals surface area contributed by atoms with Gasteiger partial charge < -0.3 is 20.1 Å². The zero-order chi connectivity index (χ0) is 21.8. The minimum absolute atomic E-state index is 0.00484. The van der Waals surface area contributed by atoms with Gasteiger partial charge in [0.25, 0.3) is 5.56 Å². The number of aryl methyl sites for hydroxylation is 1. The van der Waals surface area contributed by atoms with Crippen LogP contribution in [0.15, 0.2) is 29.5 Å². The van der Waals surface area contributed by atoms with Gasteiger partial charge in [-0.3, -0.25) is 9.48 Å². The summed E-state index contributed by atoms with van der Waals surface area (Å²) in [6, 6.07) is 2.80. The van der Waals surface area contributed by atoms with Gasteiger partial charge in [-0.15, -0.1) is 0 Å². The summed E-state index contributed by atoms with van der Waals surface area (Å²) in [5, 5.41) is 11.9. The van der Waals surface area contributed by atoms with Gasteiger partial charge in [0.1, 0.15) is 11.2 Å². The molecule has 0 amide bonds. The lowest BCUT2D eigenvalue weighted by molar-refractivity contribution is 0.151. The van der Waals surface area contributed by atoms with Crippen molar-refractivity contribution in [2.45, 2.75) is 57.2 Å². The molecule has 164 valence electrons. The SMILES string of the molecule is C[C@H]1C[C@@H](n2cc(Nc3nc(NC4(C)CC4)c4c(=O)n(C)ccc4n3)cn2)CCN1C. The largest absolute Gasteiger partial charge is 0.364 e. The van der Waals surface area contributed by atoms with E-state index in [2.05, 4.69) is 51.5 Å². The molecule has 0 bridgehead atoms. The van der Waals surface area contributed by atoms with E-state index in [1.165, 1.54) is 0 Å². The molecule has 31 heavy (non-hydrogen) atoms. The Hall–Kier alpha value is -2.94. The maximum absolute atomic E-state index is 12.8. The number of hydrogen-bond acceptors (Lipinski definition) is 7. The minimum Gasteiger partial charge on any atom is -0.364 e. The average molecular weight is 423 g/mol. The number of nitrogens with one attached hydrogen (secondary N) is 2. The van der Waals surface area contributed by atoms with E-state index in [0.29, 0.717) is 34.8 Å². The fourth-order valence-corrected chi connectivity index (χ4v) is 4.22. The van der Waals surface area contributed by atoms with E-state index in [1.54, 1.807) is 17.8 Å². The van der Waals surface area contributed by atoms with Crippen LogP contribution in [0.25, 0.3) is 10.9 Å². The van der Waals surface area contributed by atoms with Gasteiger partial charge in [-0.2, -0.15) is 10.1 Å². The van der Waals surface area contributed by atoms with E-state index in [9.17, 15) is 4.79 Å². The number of pyridine rings is 1. The van der Waals surface area contributed by atoms with Crippen molar-refractivity contribution in [3.63, 3.8) is 0 Å². The molecular formula is C22H30N8O. The molecule has 3 aromatic rings. The van der Waals surface area contributed by atoms with Crippen LogP contribution in [0.4, 0.5) is 17.5 Å². The van der Waals surface area contributed by atoms with Crippen molar-refractivity contribution in [2.75, 3.05) is 24.2 Å². The van der Waals surface area contributed by atoms with Gasteiger partial charge in [0.05, 0.1) is 23.4 Å². The van der Waals surface area contributed by atoms with Crippen LogP contribution in [0.3, 0.4) is 0 Å². The van der Waals surface area contributed by atoms with Gasteiger partial charge in [0.2, 0.25) is 5.95 Å². The van der Waals surface area contributed by atoms with Gasteiger partial charge >= 0.3 is 0 Å². The summed E-state index contributed by atoms with van der Waals surface area (Å²) >= 11 is 0. The molecule has 4 heterocycles. The first-order chi connectivity index (χ1) is 14.8. The second kappa shape index (κ2) is 7.33. The van der Waals surface area contributed by atoms with Gasteiger partial charge in [-0.1, -0.05) is 0 Å². The summed E-state index contributed by atoms with van der Waals surface area (Å²) in [7, 11) is 3.92. The molecule has 3 aromatic heterocycles. The normalized spacial score (nSPS) is 23.1. The molecule has 1 aliphatic heterocycles. The van der Waals surface area contributed by atoms with E-state index < -0.39 is 0 Å². The van der Waals surface area contributed by atoms with Crippen LogP contribution in [0, 0.1) is 0 Å². The quantitative estimate of drug-likeness (QED) is 0.653. The molecule has 9 nitrogen and oxygen atoms in total. The third-order valence-corrected chi connectivity index (χ3v) is 6.76. The molecule has 2 atom stereocenters. The highest BCUT2D eigenvalue weighted by atomic mass is 16.1. The Bertz CT molecular complexity index is 1180. The molecule has 0 unspecified atom stereocenters. The van der Waals surface area contributed by atoms with Crippen molar-refractivity contribution in [2.24, 2.45) is 7.05 Å². The third-order valence-electron chi connectivity index (χ3n) is 6.76. The summed E-state index contributed by atoms with van der Waals surface area (Å²) in [5.74, 6) is 1.05. The molecule has 2 fully saturated rings. The van der Waals surface area contributed by atoms with Gasteiger partial charge in [-0.25, -0.2) is 4.98 Å². The highest BCUT2D eigenvalue weighted by molar-refractivity contribution is 5.89. The second-order valence-electron chi connectivity index (χ2n) is 9.42. The number of nitrogens with zero attached hydrogens (tertiary/aromatic N) is 6. The summed E-state index contributed by atoms with van der Waals surface area (Å²) in [6.45, 7) is 5.48. The number of hydrogen-bond donors (Lipinski definition) is 2. The molecule has 5 rings (SSSR count). The van der Waals surface area contributed by atoms with Gasteiger partial charge in [0.15, 0.2) is 0 Å². The predicted molar refractivity (Wildman–Crippen MR) is 122 cm³/mol. The second-order valence-corrected chi connectivity index (χ2v) is 9.42. The van der Waals surface area contributed by atoms with Crippen LogP contribution in [-0.4, -0.2) is 54.4 Å². The molecule has 0 aromatic carbocycles. The first-order valence-electron chi connectivity index (χ1n) is 11.0. The van der Waals surface area contributed by atoms with E-state index in [-0.39, 0.29) is 11.1 Å². The predicted octanol–water partition coefficient (Wildman–Crippen LogP) is 2.89. The highest BCUT2D eigenvalue weighted by Gasteiger charge is 2.38.